The van der Waals surface area contributed by atoms with E-state index in [2.05, 4.69) is 12.8 Å². The molecule has 0 radical (unpaired) electrons. The summed E-state index contributed by atoms with van der Waals surface area (Å²) < 4.78 is 0. The minimum Gasteiger partial charge on any atom is -0.380 e. The Hall–Kier alpha value is -0.480. The number of hydrogen-bond acceptors (Lipinski definition) is 1. The molecule has 1 heteroatoms. The van der Waals surface area contributed by atoms with Gasteiger partial charge in [0.1, 0.15) is 6.10 Å². The van der Waals surface area contributed by atoms with Crippen LogP contribution in [0.1, 0.15) is 26.7 Å². The molecule has 0 bridgehead atoms. The maximum atomic E-state index is 9.02. The topological polar surface area (TPSA) is 20.2 Å². The van der Waals surface area contributed by atoms with Gasteiger partial charge in [-0.05, 0) is 12.3 Å². The fourth-order valence-corrected chi connectivity index (χ4v) is 0.777. The van der Waals surface area contributed by atoms with E-state index < -0.39 is 6.10 Å². The van der Waals surface area contributed by atoms with Crippen LogP contribution in [-0.2, 0) is 0 Å². The van der Waals surface area contributed by atoms with E-state index in [1.54, 1.807) is 0 Å². The smallest absolute Gasteiger partial charge is 0.117 e. The third kappa shape index (κ3) is 3.16. The molecule has 0 fully saturated rings. The third-order valence-corrected chi connectivity index (χ3v) is 1.45. The Morgan fingerprint density at radius 1 is 1.67 bits per heavy atom. The summed E-state index contributed by atoms with van der Waals surface area (Å²) in [5, 5.41) is 9.02. The molecule has 0 aliphatic rings. The van der Waals surface area contributed by atoms with Crippen molar-refractivity contribution in [1.82, 2.24) is 0 Å². The van der Waals surface area contributed by atoms with Gasteiger partial charge in [-0.15, -0.1) is 6.42 Å². The fraction of sp³-hybridized carbons (Fsp3) is 0.750. The van der Waals surface area contributed by atoms with E-state index in [9.17, 15) is 0 Å². The van der Waals surface area contributed by atoms with Crippen LogP contribution in [0, 0.1) is 18.3 Å². The molecular formula is C8H14O. The Bertz CT molecular complexity index is 102. The Labute approximate surface area is 57.1 Å². The maximum Gasteiger partial charge on any atom is 0.117 e. The van der Waals surface area contributed by atoms with Gasteiger partial charge < -0.3 is 5.11 Å². The summed E-state index contributed by atoms with van der Waals surface area (Å²) in [4.78, 5) is 0. The molecule has 0 unspecified atom stereocenters. The highest BCUT2D eigenvalue weighted by molar-refractivity contribution is 4.95. The zero-order valence-corrected chi connectivity index (χ0v) is 6.09. The molecule has 1 N–H and O–H groups in total. The standard InChI is InChI=1S/C8H14O/c1-4-6-7(3)8(9)5-2/h2,7-9H,4,6H2,1,3H3/t7-,8+/m1/s1. The SMILES string of the molecule is C#C[C@H](O)[C@H](C)CCC. The zero-order chi connectivity index (χ0) is 7.28. The number of aliphatic hydroxyl groups excluding tert-OH is 1. The van der Waals surface area contributed by atoms with Gasteiger partial charge in [0.25, 0.3) is 0 Å². The van der Waals surface area contributed by atoms with E-state index in [-0.39, 0.29) is 5.92 Å². The van der Waals surface area contributed by atoms with Crippen LogP contribution in [0.5, 0.6) is 0 Å². The molecule has 0 aromatic heterocycles. The molecule has 0 amide bonds. The van der Waals surface area contributed by atoms with Gasteiger partial charge in [-0.2, -0.15) is 0 Å². The quantitative estimate of drug-likeness (QED) is 0.567. The molecule has 0 rings (SSSR count). The van der Waals surface area contributed by atoms with Crippen LogP contribution in [0.2, 0.25) is 0 Å². The number of aliphatic hydroxyl groups is 1. The molecule has 0 saturated heterocycles. The van der Waals surface area contributed by atoms with E-state index in [0.717, 1.165) is 12.8 Å². The van der Waals surface area contributed by atoms with Gasteiger partial charge >= 0.3 is 0 Å². The monoisotopic (exact) mass is 126 g/mol. The molecule has 0 aromatic carbocycles. The molecule has 0 aromatic rings. The normalized spacial score (nSPS) is 16.2. The van der Waals surface area contributed by atoms with Crippen molar-refractivity contribution in [2.45, 2.75) is 32.8 Å². The van der Waals surface area contributed by atoms with Gasteiger partial charge in [0.05, 0.1) is 0 Å². The van der Waals surface area contributed by atoms with Gasteiger partial charge in [0.2, 0.25) is 0 Å². The third-order valence-electron chi connectivity index (χ3n) is 1.45. The summed E-state index contributed by atoms with van der Waals surface area (Å²) in [5.41, 5.74) is 0. The van der Waals surface area contributed by atoms with Crippen molar-refractivity contribution in [2.75, 3.05) is 0 Å². The van der Waals surface area contributed by atoms with Crippen LogP contribution in [0.4, 0.5) is 0 Å². The minimum atomic E-state index is -0.551. The van der Waals surface area contributed by atoms with Crippen LogP contribution >= 0.6 is 0 Å². The summed E-state index contributed by atoms with van der Waals surface area (Å²) in [7, 11) is 0. The first-order chi connectivity index (χ1) is 4.22. The van der Waals surface area contributed by atoms with Crippen molar-refractivity contribution >= 4 is 0 Å². The average Bonchev–Trinajstić information content (AvgIpc) is 1.87. The average molecular weight is 126 g/mol. The van der Waals surface area contributed by atoms with Crippen molar-refractivity contribution in [3.63, 3.8) is 0 Å². The number of hydrogen-bond donors (Lipinski definition) is 1. The molecule has 0 heterocycles. The highest BCUT2D eigenvalue weighted by atomic mass is 16.3. The molecule has 0 saturated carbocycles. The van der Waals surface area contributed by atoms with E-state index in [1.807, 2.05) is 6.92 Å². The van der Waals surface area contributed by atoms with Gasteiger partial charge in [0.15, 0.2) is 0 Å². The van der Waals surface area contributed by atoms with E-state index in [1.165, 1.54) is 0 Å². The lowest BCUT2D eigenvalue weighted by Gasteiger charge is -2.10. The van der Waals surface area contributed by atoms with Crippen molar-refractivity contribution in [1.29, 1.82) is 0 Å². The lowest BCUT2D eigenvalue weighted by atomic mass is 10.0. The number of terminal acetylenes is 1. The molecule has 52 valence electrons. The highest BCUT2D eigenvalue weighted by Gasteiger charge is 2.08. The van der Waals surface area contributed by atoms with Crippen LogP contribution < -0.4 is 0 Å². The first-order valence-corrected chi connectivity index (χ1v) is 3.36. The first kappa shape index (κ1) is 8.52. The highest BCUT2D eigenvalue weighted by Crippen LogP contribution is 2.08. The predicted molar refractivity (Wildman–Crippen MR) is 38.9 cm³/mol. The van der Waals surface area contributed by atoms with Gasteiger partial charge in [0, 0.05) is 0 Å². The molecule has 0 aliphatic carbocycles. The summed E-state index contributed by atoms with van der Waals surface area (Å²) in [5.74, 6) is 2.56. The first-order valence-electron chi connectivity index (χ1n) is 3.36. The van der Waals surface area contributed by atoms with Crippen molar-refractivity contribution in [3.05, 3.63) is 0 Å². The summed E-state index contributed by atoms with van der Waals surface area (Å²) in [6.07, 6.45) is 6.54. The zero-order valence-electron chi connectivity index (χ0n) is 6.09. The summed E-state index contributed by atoms with van der Waals surface area (Å²) in [6.45, 7) is 4.05. The Balaban J connectivity index is 3.48. The molecule has 0 spiro atoms. The molecule has 1 nitrogen and oxygen atoms in total. The van der Waals surface area contributed by atoms with Crippen LogP contribution in [0.25, 0.3) is 0 Å². The van der Waals surface area contributed by atoms with Crippen LogP contribution in [0.3, 0.4) is 0 Å². The second-order valence-electron chi connectivity index (χ2n) is 2.38. The Morgan fingerprint density at radius 3 is 2.56 bits per heavy atom. The van der Waals surface area contributed by atoms with Crippen molar-refractivity contribution < 1.29 is 5.11 Å². The lowest BCUT2D eigenvalue weighted by Crippen LogP contribution is -2.14. The predicted octanol–water partition coefficient (Wildman–Crippen LogP) is 1.42. The molecule has 2 atom stereocenters. The summed E-state index contributed by atoms with van der Waals surface area (Å²) >= 11 is 0. The Morgan fingerprint density at radius 2 is 2.22 bits per heavy atom. The van der Waals surface area contributed by atoms with Crippen molar-refractivity contribution in [3.8, 4) is 12.3 Å². The van der Waals surface area contributed by atoms with Crippen LogP contribution in [-0.4, -0.2) is 11.2 Å². The van der Waals surface area contributed by atoms with Gasteiger partial charge in [-0.25, -0.2) is 0 Å². The lowest BCUT2D eigenvalue weighted by molar-refractivity contribution is 0.165. The minimum absolute atomic E-state index is 0.250. The fourth-order valence-electron chi connectivity index (χ4n) is 0.777. The molecule has 9 heavy (non-hydrogen) atoms. The number of rotatable bonds is 3. The van der Waals surface area contributed by atoms with Gasteiger partial charge in [-0.3, -0.25) is 0 Å². The second kappa shape index (κ2) is 4.40. The second-order valence-corrected chi connectivity index (χ2v) is 2.38. The molecular weight excluding hydrogens is 112 g/mol. The Kier molecular flexibility index (Phi) is 4.17. The molecule has 0 aliphatic heterocycles. The van der Waals surface area contributed by atoms with Crippen molar-refractivity contribution in [2.24, 2.45) is 5.92 Å². The van der Waals surface area contributed by atoms with E-state index in [0.29, 0.717) is 0 Å². The largest absolute Gasteiger partial charge is 0.380 e. The van der Waals surface area contributed by atoms with Crippen LogP contribution in [0.15, 0.2) is 0 Å². The van der Waals surface area contributed by atoms with E-state index in [4.69, 9.17) is 11.5 Å². The van der Waals surface area contributed by atoms with Gasteiger partial charge in [-0.1, -0.05) is 26.2 Å². The van der Waals surface area contributed by atoms with E-state index >= 15 is 0 Å². The summed E-state index contributed by atoms with van der Waals surface area (Å²) in [6, 6.07) is 0. The maximum absolute atomic E-state index is 9.02.